The van der Waals surface area contributed by atoms with Gasteiger partial charge in [0.25, 0.3) is 0 Å². The van der Waals surface area contributed by atoms with Crippen molar-refractivity contribution in [2.24, 2.45) is 0 Å². The summed E-state index contributed by atoms with van der Waals surface area (Å²) in [5.74, 6) is -1.97. The molecule has 0 aliphatic carbocycles. The van der Waals surface area contributed by atoms with E-state index in [1.54, 1.807) is 19.9 Å². The number of hydrogen-bond acceptors (Lipinski definition) is 8. The fourth-order valence-corrected chi connectivity index (χ4v) is 5.20. The Morgan fingerprint density at radius 2 is 1.42 bits per heavy atom. The number of benzene rings is 2. The normalized spacial score (nSPS) is 12.2. The number of alkyl halides is 9. The van der Waals surface area contributed by atoms with Crippen molar-refractivity contribution in [1.29, 1.82) is 0 Å². The fraction of sp³-hybridized carbons (Fsp3) is 0.371. The van der Waals surface area contributed by atoms with Gasteiger partial charge in [0.2, 0.25) is 5.95 Å². The van der Waals surface area contributed by atoms with Gasteiger partial charge < -0.3 is 24.2 Å². The molecule has 2 aromatic heterocycles. The van der Waals surface area contributed by atoms with Gasteiger partial charge in [0.15, 0.2) is 5.75 Å². The summed E-state index contributed by atoms with van der Waals surface area (Å²) in [4.78, 5) is 24.9. The highest BCUT2D eigenvalue weighted by Gasteiger charge is 2.38. The Balaban J connectivity index is 1.92. The number of halogens is 9. The SMILES string of the molecule is COc1cc(CN(Cc2cc(C(F)(F)F)cc(C(F)(F)F)c2)c2ncc(OCCCC(=O)O)cn2)c(-c2nc(C(C)C)ccc2OC)cc1C(F)(F)F. The molecule has 18 heteroatoms. The van der Waals surface area contributed by atoms with Crippen molar-refractivity contribution in [1.82, 2.24) is 15.0 Å². The first-order chi connectivity index (χ1) is 24.7. The lowest BCUT2D eigenvalue weighted by atomic mass is 9.97. The predicted molar refractivity (Wildman–Crippen MR) is 173 cm³/mol. The monoisotopic (exact) mass is 760 g/mol. The molecule has 0 bridgehead atoms. The number of methoxy groups -OCH3 is 2. The van der Waals surface area contributed by atoms with Crippen molar-refractivity contribution in [2.75, 3.05) is 25.7 Å². The van der Waals surface area contributed by atoms with Crippen LogP contribution >= 0.6 is 0 Å². The smallest absolute Gasteiger partial charge is 0.419 e. The molecule has 4 rings (SSSR count). The third-order valence-electron chi connectivity index (χ3n) is 7.76. The van der Waals surface area contributed by atoms with Gasteiger partial charge in [-0.15, -0.1) is 0 Å². The van der Waals surface area contributed by atoms with E-state index in [9.17, 15) is 44.3 Å². The molecule has 0 amide bonds. The van der Waals surface area contributed by atoms with E-state index in [0.29, 0.717) is 17.8 Å². The van der Waals surface area contributed by atoms with Gasteiger partial charge in [-0.3, -0.25) is 4.79 Å². The molecule has 0 aliphatic rings. The highest BCUT2D eigenvalue weighted by atomic mass is 19.4. The van der Waals surface area contributed by atoms with E-state index in [1.807, 2.05) is 0 Å². The minimum atomic E-state index is -5.16. The second kappa shape index (κ2) is 16.2. The topological polar surface area (TPSA) is 107 Å². The molecular formula is C35H33F9N4O5. The first-order valence-electron chi connectivity index (χ1n) is 15.7. The molecule has 0 aliphatic heterocycles. The number of ether oxygens (including phenoxy) is 3. The minimum absolute atomic E-state index is 0.0220. The number of carboxylic acids is 1. The summed E-state index contributed by atoms with van der Waals surface area (Å²) in [5.41, 5.74) is -4.43. The minimum Gasteiger partial charge on any atom is -0.496 e. The third kappa shape index (κ3) is 10.4. The van der Waals surface area contributed by atoms with Crippen LogP contribution in [-0.4, -0.2) is 46.9 Å². The summed E-state index contributed by atoms with van der Waals surface area (Å²) in [6.45, 7) is 2.39. The van der Waals surface area contributed by atoms with Crippen LogP contribution < -0.4 is 19.1 Å². The molecule has 2 heterocycles. The van der Waals surface area contributed by atoms with Gasteiger partial charge >= 0.3 is 24.5 Å². The number of aliphatic carboxylic acids is 1. The Morgan fingerprint density at radius 3 is 1.92 bits per heavy atom. The first-order valence-corrected chi connectivity index (χ1v) is 15.7. The number of aromatic nitrogens is 3. The molecule has 0 atom stereocenters. The van der Waals surface area contributed by atoms with Crippen molar-refractivity contribution in [3.8, 4) is 28.5 Å². The molecule has 9 nitrogen and oxygen atoms in total. The van der Waals surface area contributed by atoms with E-state index in [0.717, 1.165) is 36.5 Å². The number of rotatable bonds is 14. The molecule has 0 fully saturated rings. The summed E-state index contributed by atoms with van der Waals surface area (Å²) in [7, 11) is 2.28. The Morgan fingerprint density at radius 1 is 0.811 bits per heavy atom. The number of nitrogens with zero attached hydrogens (tertiary/aromatic N) is 4. The highest BCUT2D eigenvalue weighted by molar-refractivity contribution is 5.73. The lowest BCUT2D eigenvalue weighted by Gasteiger charge is -2.26. The number of carbonyl (C=O) groups is 1. The number of carboxylic acid groups (broad SMARTS) is 1. The van der Waals surface area contributed by atoms with Gasteiger partial charge in [-0.25, -0.2) is 15.0 Å². The number of pyridine rings is 1. The molecular weight excluding hydrogens is 727 g/mol. The van der Waals surface area contributed by atoms with Crippen molar-refractivity contribution >= 4 is 11.9 Å². The number of hydrogen-bond donors (Lipinski definition) is 1. The quantitative estimate of drug-likeness (QED) is 0.0995. The Kier molecular flexibility index (Phi) is 12.3. The summed E-state index contributed by atoms with van der Waals surface area (Å²) < 4.78 is 142. The molecule has 2 aromatic carbocycles. The van der Waals surface area contributed by atoms with Gasteiger partial charge in [0.1, 0.15) is 17.2 Å². The van der Waals surface area contributed by atoms with Crippen molar-refractivity contribution < 1.29 is 63.6 Å². The zero-order valence-corrected chi connectivity index (χ0v) is 28.6. The average molecular weight is 761 g/mol. The van der Waals surface area contributed by atoms with Crippen LogP contribution in [0.5, 0.6) is 17.2 Å². The molecule has 0 spiro atoms. The molecule has 0 unspecified atom stereocenters. The standard InChI is InChI=1S/C35H33F9N4O5/c1-19(2)27-7-8-28(51-3)31(47-27)25-14-26(35(42,43)44)29(52-4)12-21(25)18-48(32-45-15-24(16-46-32)53-9-5-6-30(49)50)17-20-10-22(33(36,37)38)13-23(11-20)34(39,40)41/h7-8,10-16,19H,5-6,9,17-18H2,1-4H3,(H,49,50). The second-order valence-corrected chi connectivity index (χ2v) is 12.0. The van der Waals surface area contributed by atoms with Gasteiger partial charge in [-0.1, -0.05) is 13.8 Å². The van der Waals surface area contributed by atoms with E-state index in [4.69, 9.17) is 19.3 Å². The Bertz CT molecular complexity index is 1870. The van der Waals surface area contributed by atoms with E-state index >= 15 is 0 Å². The van der Waals surface area contributed by atoms with E-state index in [2.05, 4.69) is 15.0 Å². The van der Waals surface area contributed by atoms with Crippen LogP contribution in [0.25, 0.3) is 11.3 Å². The fourth-order valence-electron chi connectivity index (χ4n) is 5.20. The Hall–Kier alpha value is -5.29. The van der Waals surface area contributed by atoms with Crippen molar-refractivity contribution in [3.63, 3.8) is 0 Å². The van der Waals surface area contributed by atoms with Crippen LogP contribution in [0, 0.1) is 0 Å². The van der Waals surface area contributed by atoms with Crippen LogP contribution in [0.1, 0.15) is 66.1 Å². The molecule has 53 heavy (non-hydrogen) atoms. The molecule has 286 valence electrons. The van der Waals surface area contributed by atoms with Crippen LogP contribution in [-0.2, 0) is 36.4 Å². The average Bonchev–Trinajstić information content (AvgIpc) is 3.08. The summed E-state index contributed by atoms with van der Waals surface area (Å²) in [5, 5.41) is 8.84. The van der Waals surface area contributed by atoms with Crippen LogP contribution in [0.3, 0.4) is 0 Å². The Labute approximate surface area is 297 Å². The molecule has 1 N–H and O–H groups in total. The maximum Gasteiger partial charge on any atom is 0.419 e. The molecule has 0 saturated carbocycles. The van der Waals surface area contributed by atoms with Crippen molar-refractivity contribution in [3.05, 3.63) is 88.4 Å². The lowest BCUT2D eigenvalue weighted by molar-refractivity contribution is -0.143. The molecule has 0 saturated heterocycles. The predicted octanol–water partition coefficient (Wildman–Crippen LogP) is 9.19. The first kappa shape index (κ1) is 40.5. The van der Waals surface area contributed by atoms with Crippen LogP contribution in [0.2, 0.25) is 0 Å². The zero-order chi connectivity index (χ0) is 39.3. The van der Waals surface area contributed by atoms with E-state index < -0.39 is 65.6 Å². The number of anilines is 1. The summed E-state index contributed by atoms with van der Waals surface area (Å²) in [6.07, 6.45) is -13.0. The summed E-state index contributed by atoms with van der Waals surface area (Å²) >= 11 is 0. The maximum absolute atomic E-state index is 14.3. The van der Waals surface area contributed by atoms with Gasteiger partial charge in [-0.05, 0) is 65.9 Å². The van der Waals surface area contributed by atoms with Gasteiger partial charge in [0, 0.05) is 30.8 Å². The van der Waals surface area contributed by atoms with Crippen LogP contribution in [0.15, 0.2) is 54.9 Å². The largest absolute Gasteiger partial charge is 0.496 e. The maximum atomic E-state index is 14.3. The second-order valence-electron chi connectivity index (χ2n) is 12.0. The van der Waals surface area contributed by atoms with Gasteiger partial charge in [-0.2, -0.15) is 39.5 Å². The lowest BCUT2D eigenvalue weighted by Crippen LogP contribution is -2.26. The summed E-state index contributed by atoms with van der Waals surface area (Å²) in [6, 6.07) is 5.97. The van der Waals surface area contributed by atoms with Gasteiger partial charge in [0.05, 0.1) is 49.9 Å². The van der Waals surface area contributed by atoms with E-state index in [-0.39, 0.29) is 65.7 Å². The van der Waals surface area contributed by atoms with Crippen LogP contribution in [0.4, 0.5) is 45.5 Å². The molecule has 0 radical (unpaired) electrons. The zero-order valence-electron chi connectivity index (χ0n) is 28.6. The highest BCUT2D eigenvalue weighted by Crippen LogP contribution is 2.43. The van der Waals surface area contributed by atoms with Crippen molar-refractivity contribution in [2.45, 2.75) is 64.2 Å². The molecule has 4 aromatic rings. The van der Waals surface area contributed by atoms with E-state index in [1.165, 1.54) is 13.2 Å². The third-order valence-corrected chi connectivity index (χ3v) is 7.76.